The smallest absolute Gasteiger partial charge is 0.293 e. The van der Waals surface area contributed by atoms with Gasteiger partial charge in [0.05, 0.1) is 16.4 Å². The molecule has 8 heteroatoms. The molecule has 3 rings (SSSR count). The van der Waals surface area contributed by atoms with Gasteiger partial charge in [-0.25, -0.2) is 9.67 Å². The Labute approximate surface area is 135 Å². The van der Waals surface area contributed by atoms with Crippen molar-refractivity contribution in [2.75, 3.05) is 0 Å². The van der Waals surface area contributed by atoms with Crippen molar-refractivity contribution in [3.05, 3.63) is 63.8 Å². The van der Waals surface area contributed by atoms with E-state index in [-0.39, 0.29) is 12.2 Å². The van der Waals surface area contributed by atoms with Crippen LogP contribution >= 0.6 is 11.6 Å². The summed E-state index contributed by atoms with van der Waals surface area (Å²) < 4.78 is 6.19. The summed E-state index contributed by atoms with van der Waals surface area (Å²) in [6, 6.07) is 8.31. The number of H-pyrrole nitrogens is 1. The number of rotatable bonds is 5. The van der Waals surface area contributed by atoms with Crippen LogP contribution in [-0.4, -0.2) is 26.2 Å². The van der Waals surface area contributed by atoms with Crippen molar-refractivity contribution >= 4 is 18.1 Å². The monoisotopic (exact) mass is 330 g/mol. The van der Waals surface area contributed by atoms with E-state index in [9.17, 15) is 9.59 Å². The fourth-order valence-corrected chi connectivity index (χ4v) is 2.41. The first-order valence-corrected chi connectivity index (χ1v) is 7.01. The van der Waals surface area contributed by atoms with Crippen LogP contribution < -0.4 is 5.56 Å². The zero-order valence-corrected chi connectivity index (χ0v) is 12.5. The Balaban J connectivity index is 2.17. The van der Waals surface area contributed by atoms with Crippen LogP contribution in [0.2, 0.25) is 5.02 Å². The van der Waals surface area contributed by atoms with Gasteiger partial charge in [-0.1, -0.05) is 11.6 Å². The Kier molecular flexibility index (Phi) is 4.20. The van der Waals surface area contributed by atoms with Gasteiger partial charge in [0.15, 0.2) is 5.82 Å². The average molecular weight is 331 g/mol. The van der Waals surface area contributed by atoms with E-state index in [1.54, 1.807) is 36.7 Å². The highest BCUT2D eigenvalue weighted by Gasteiger charge is 2.16. The highest BCUT2D eigenvalue weighted by atomic mass is 35.5. The highest BCUT2D eigenvalue weighted by Crippen LogP contribution is 2.29. The van der Waals surface area contributed by atoms with Crippen molar-refractivity contribution < 1.29 is 9.53 Å². The summed E-state index contributed by atoms with van der Waals surface area (Å²) >= 11 is 6.20. The summed E-state index contributed by atoms with van der Waals surface area (Å²) in [5.41, 5.74) is 1.29. The third-order valence-electron chi connectivity index (χ3n) is 3.12. The van der Waals surface area contributed by atoms with E-state index in [0.717, 1.165) is 0 Å². The molecule has 0 saturated heterocycles. The molecule has 3 heterocycles. The van der Waals surface area contributed by atoms with Gasteiger partial charge in [-0.05, 0) is 24.3 Å². The molecule has 0 aliphatic carbocycles. The first-order chi connectivity index (χ1) is 11.2. The Morgan fingerprint density at radius 3 is 2.83 bits per heavy atom. The minimum absolute atomic E-state index is 0.0613. The predicted molar refractivity (Wildman–Crippen MR) is 83.3 cm³/mol. The number of aromatic nitrogens is 4. The molecule has 0 amide bonds. The van der Waals surface area contributed by atoms with E-state index in [1.807, 2.05) is 0 Å². The molecule has 0 aliphatic rings. The van der Waals surface area contributed by atoms with Gasteiger partial charge in [-0.3, -0.25) is 19.7 Å². The van der Waals surface area contributed by atoms with Crippen LogP contribution in [0.4, 0.5) is 0 Å². The number of hydrogen-bond donors (Lipinski definition) is 1. The largest absolute Gasteiger partial charge is 0.461 e. The Morgan fingerprint density at radius 1 is 1.26 bits per heavy atom. The second kappa shape index (κ2) is 6.45. The van der Waals surface area contributed by atoms with E-state index in [2.05, 4.69) is 15.1 Å². The Bertz CT molecular complexity index is 903. The average Bonchev–Trinajstić information content (AvgIpc) is 2.94. The van der Waals surface area contributed by atoms with Crippen LogP contribution in [-0.2, 0) is 16.1 Å². The number of aromatic amines is 1. The SMILES string of the molecule is O=COCc1cc(=O)[nH]n1-c1ncccc1-c1ncccc1Cl. The van der Waals surface area contributed by atoms with Gasteiger partial charge < -0.3 is 4.74 Å². The van der Waals surface area contributed by atoms with Crippen molar-refractivity contribution in [1.29, 1.82) is 0 Å². The zero-order valence-electron chi connectivity index (χ0n) is 11.8. The van der Waals surface area contributed by atoms with E-state index >= 15 is 0 Å². The quantitative estimate of drug-likeness (QED) is 0.722. The van der Waals surface area contributed by atoms with Gasteiger partial charge in [0.1, 0.15) is 6.61 Å². The molecule has 3 aromatic heterocycles. The van der Waals surface area contributed by atoms with Crippen LogP contribution in [0.3, 0.4) is 0 Å². The minimum atomic E-state index is -0.335. The van der Waals surface area contributed by atoms with Gasteiger partial charge in [0.2, 0.25) is 0 Å². The lowest BCUT2D eigenvalue weighted by Crippen LogP contribution is -2.09. The number of ether oxygens (including phenoxy) is 1. The third-order valence-corrected chi connectivity index (χ3v) is 3.42. The lowest BCUT2D eigenvalue weighted by atomic mass is 10.1. The number of pyridine rings is 2. The van der Waals surface area contributed by atoms with E-state index in [0.29, 0.717) is 34.3 Å². The standard InChI is InChI=1S/C15H11ClN4O3/c16-12-4-2-5-17-14(12)11-3-1-6-18-15(11)20-10(8-23-9-21)7-13(22)19-20/h1-7,9H,8H2,(H,19,22). The minimum Gasteiger partial charge on any atom is -0.461 e. The van der Waals surface area contributed by atoms with Crippen LogP contribution in [0.15, 0.2) is 47.5 Å². The van der Waals surface area contributed by atoms with Crippen LogP contribution in [0, 0.1) is 0 Å². The molecule has 23 heavy (non-hydrogen) atoms. The molecule has 0 spiro atoms. The second-order valence-electron chi connectivity index (χ2n) is 4.56. The Hall–Kier alpha value is -2.93. The van der Waals surface area contributed by atoms with Crippen molar-refractivity contribution in [2.45, 2.75) is 6.61 Å². The molecule has 0 aromatic carbocycles. The van der Waals surface area contributed by atoms with Crippen LogP contribution in [0.1, 0.15) is 5.69 Å². The van der Waals surface area contributed by atoms with Gasteiger partial charge >= 0.3 is 0 Å². The molecule has 0 bridgehead atoms. The maximum absolute atomic E-state index is 11.7. The molecule has 116 valence electrons. The van der Waals surface area contributed by atoms with Crippen molar-refractivity contribution in [2.24, 2.45) is 0 Å². The van der Waals surface area contributed by atoms with Crippen molar-refractivity contribution in [3.63, 3.8) is 0 Å². The molecule has 3 aromatic rings. The molecule has 0 saturated carbocycles. The molecule has 7 nitrogen and oxygen atoms in total. The van der Waals surface area contributed by atoms with Crippen molar-refractivity contribution in [1.82, 2.24) is 19.7 Å². The predicted octanol–water partition coefficient (Wildman–Crippen LogP) is 1.95. The molecule has 0 atom stereocenters. The normalized spacial score (nSPS) is 10.5. The highest BCUT2D eigenvalue weighted by molar-refractivity contribution is 6.33. The second-order valence-corrected chi connectivity index (χ2v) is 4.97. The third kappa shape index (κ3) is 3.00. The summed E-state index contributed by atoms with van der Waals surface area (Å²) in [5.74, 6) is 0.430. The van der Waals surface area contributed by atoms with Crippen LogP contribution in [0.25, 0.3) is 17.1 Å². The molecule has 1 N–H and O–H groups in total. The summed E-state index contributed by atoms with van der Waals surface area (Å²) in [6.07, 6.45) is 3.20. The lowest BCUT2D eigenvalue weighted by Gasteiger charge is -2.12. The fraction of sp³-hybridized carbons (Fsp3) is 0.0667. The van der Waals surface area contributed by atoms with Gasteiger partial charge in [-0.15, -0.1) is 0 Å². The topological polar surface area (TPSA) is 89.9 Å². The maximum atomic E-state index is 11.7. The molecule has 0 aliphatic heterocycles. The molecular weight excluding hydrogens is 320 g/mol. The molecule has 0 unspecified atom stereocenters. The fourth-order valence-electron chi connectivity index (χ4n) is 2.19. The number of halogens is 1. The number of carbonyl (C=O) groups is 1. The zero-order chi connectivity index (χ0) is 16.2. The molecule has 0 radical (unpaired) electrons. The summed E-state index contributed by atoms with van der Waals surface area (Å²) in [6.45, 7) is 0.255. The molecular formula is C15H11ClN4O3. The number of nitrogens with one attached hydrogen (secondary N) is 1. The van der Waals surface area contributed by atoms with E-state index in [4.69, 9.17) is 16.3 Å². The summed E-state index contributed by atoms with van der Waals surface area (Å²) in [5, 5.41) is 3.09. The number of hydrogen-bond acceptors (Lipinski definition) is 5. The lowest BCUT2D eigenvalue weighted by molar-refractivity contribution is -0.129. The van der Waals surface area contributed by atoms with Crippen molar-refractivity contribution in [3.8, 4) is 17.1 Å². The maximum Gasteiger partial charge on any atom is 0.293 e. The van der Waals surface area contributed by atoms with Gasteiger partial charge in [0, 0.05) is 24.0 Å². The Morgan fingerprint density at radius 2 is 2.04 bits per heavy atom. The van der Waals surface area contributed by atoms with Crippen LogP contribution in [0.5, 0.6) is 0 Å². The first-order valence-electron chi connectivity index (χ1n) is 6.63. The number of carbonyl (C=O) groups excluding carboxylic acids is 1. The molecule has 0 fully saturated rings. The number of nitrogens with zero attached hydrogens (tertiary/aromatic N) is 3. The van der Waals surface area contributed by atoms with E-state index in [1.165, 1.54) is 10.7 Å². The van der Waals surface area contributed by atoms with Gasteiger partial charge in [-0.2, -0.15) is 0 Å². The first kappa shape index (κ1) is 15.0. The summed E-state index contributed by atoms with van der Waals surface area (Å²) in [4.78, 5) is 30.6. The summed E-state index contributed by atoms with van der Waals surface area (Å²) in [7, 11) is 0. The van der Waals surface area contributed by atoms with Gasteiger partial charge in [0.25, 0.3) is 12.0 Å². The van der Waals surface area contributed by atoms with E-state index < -0.39 is 0 Å².